The van der Waals surface area contributed by atoms with Crippen molar-refractivity contribution in [2.24, 2.45) is 0 Å². The second kappa shape index (κ2) is 10.6. The van der Waals surface area contributed by atoms with Crippen LogP contribution in [0.3, 0.4) is 0 Å². The number of esters is 1. The molecule has 1 amide bonds. The van der Waals surface area contributed by atoms with E-state index in [0.29, 0.717) is 29.3 Å². The Kier molecular flexibility index (Phi) is 6.96. The van der Waals surface area contributed by atoms with Gasteiger partial charge in [-0.3, -0.25) is 9.69 Å². The number of furan rings is 1. The molecule has 2 heterocycles. The van der Waals surface area contributed by atoms with Crippen LogP contribution in [0, 0.1) is 0 Å². The molecule has 1 aromatic heterocycles. The molecule has 0 saturated carbocycles. The highest BCUT2D eigenvalue weighted by Crippen LogP contribution is 2.36. The maximum absolute atomic E-state index is 13.7. The number of carbonyl (C=O) groups is 2. The molecule has 5 rings (SSSR count). The first-order valence-electron chi connectivity index (χ1n) is 12.4. The van der Waals surface area contributed by atoms with Crippen LogP contribution < -0.4 is 9.80 Å². The summed E-state index contributed by atoms with van der Waals surface area (Å²) in [4.78, 5) is 29.3. The Balaban J connectivity index is 1.45. The van der Waals surface area contributed by atoms with Gasteiger partial charge < -0.3 is 14.1 Å². The highest BCUT2D eigenvalue weighted by molar-refractivity contribution is 6.23. The van der Waals surface area contributed by atoms with Gasteiger partial charge in [0.15, 0.2) is 0 Å². The molecule has 4 aromatic rings. The van der Waals surface area contributed by atoms with Crippen molar-refractivity contribution in [2.45, 2.75) is 6.92 Å². The normalized spacial score (nSPS) is 14.1. The van der Waals surface area contributed by atoms with Crippen LogP contribution >= 0.6 is 0 Å². The molecule has 0 bridgehead atoms. The summed E-state index contributed by atoms with van der Waals surface area (Å²) in [5, 5.41) is 0. The number of amides is 1. The Morgan fingerprint density at radius 3 is 2.26 bits per heavy atom. The molecule has 3 aromatic carbocycles. The molecule has 0 spiro atoms. The van der Waals surface area contributed by atoms with Crippen LogP contribution in [0.1, 0.15) is 28.6 Å². The Bertz CT molecular complexity index is 1510. The second-order valence-electron chi connectivity index (χ2n) is 9.05. The van der Waals surface area contributed by atoms with Crippen LogP contribution in [0.2, 0.25) is 0 Å². The molecular weight excluding hydrogens is 476 g/mol. The van der Waals surface area contributed by atoms with E-state index in [2.05, 4.69) is 0 Å². The number of ether oxygens (including phenoxy) is 1. The van der Waals surface area contributed by atoms with Gasteiger partial charge in [0.25, 0.3) is 5.91 Å². The van der Waals surface area contributed by atoms with Gasteiger partial charge in [0.05, 0.1) is 17.9 Å². The van der Waals surface area contributed by atoms with E-state index in [1.165, 1.54) is 0 Å². The van der Waals surface area contributed by atoms with Crippen molar-refractivity contribution in [2.75, 3.05) is 30.5 Å². The third-order valence-corrected chi connectivity index (χ3v) is 6.28. The first-order chi connectivity index (χ1) is 18.4. The zero-order valence-corrected chi connectivity index (χ0v) is 21.5. The van der Waals surface area contributed by atoms with E-state index >= 15 is 0 Å². The van der Waals surface area contributed by atoms with E-state index in [0.717, 1.165) is 28.2 Å². The van der Waals surface area contributed by atoms with Crippen molar-refractivity contribution < 1.29 is 18.7 Å². The average molecular weight is 505 g/mol. The second-order valence-corrected chi connectivity index (χ2v) is 9.05. The topological polar surface area (TPSA) is 63.0 Å². The van der Waals surface area contributed by atoms with Gasteiger partial charge in [-0.25, -0.2) is 4.79 Å². The lowest BCUT2D eigenvalue weighted by Gasteiger charge is -2.22. The van der Waals surface area contributed by atoms with E-state index in [9.17, 15) is 9.59 Å². The van der Waals surface area contributed by atoms with Crippen LogP contribution in [-0.2, 0) is 9.53 Å². The van der Waals surface area contributed by atoms with Gasteiger partial charge in [-0.05, 0) is 73.2 Å². The largest absolute Gasteiger partial charge is 0.462 e. The van der Waals surface area contributed by atoms with Crippen molar-refractivity contribution in [3.63, 3.8) is 0 Å². The first kappa shape index (κ1) is 24.8. The van der Waals surface area contributed by atoms with Crippen molar-refractivity contribution in [3.05, 3.63) is 120 Å². The van der Waals surface area contributed by atoms with E-state index < -0.39 is 0 Å². The predicted octanol–water partition coefficient (Wildman–Crippen LogP) is 6.66. The summed E-state index contributed by atoms with van der Waals surface area (Å²) in [6.45, 7) is 2.10. The fourth-order valence-electron chi connectivity index (χ4n) is 4.32. The number of benzene rings is 3. The minimum Gasteiger partial charge on any atom is -0.462 e. The monoisotopic (exact) mass is 504 g/mol. The molecule has 0 radical (unpaired) electrons. The standard InChI is InChI=1S/C32H28N2O4/c1-4-37-32(36)24-12-10-23(11-13-24)30-19-18-28(38-30)20-25-21-29(22-8-6-5-7-9-22)34(31(25)35)27-16-14-26(15-17-27)33(2)3/h5-21H,4H2,1-3H3/b25-20-. The zero-order valence-electron chi connectivity index (χ0n) is 21.5. The molecule has 1 aliphatic heterocycles. The number of carbonyl (C=O) groups excluding carboxylic acids is 2. The minimum absolute atomic E-state index is 0.127. The van der Waals surface area contributed by atoms with Gasteiger partial charge in [-0.1, -0.05) is 42.5 Å². The zero-order chi connectivity index (χ0) is 26.6. The number of hydrogen-bond acceptors (Lipinski definition) is 5. The van der Waals surface area contributed by atoms with Crippen molar-refractivity contribution in [1.29, 1.82) is 0 Å². The summed E-state index contributed by atoms with van der Waals surface area (Å²) in [7, 11) is 3.97. The lowest BCUT2D eigenvalue weighted by atomic mass is 10.1. The molecule has 6 heteroatoms. The highest BCUT2D eigenvalue weighted by atomic mass is 16.5. The molecule has 0 aliphatic carbocycles. The van der Waals surface area contributed by atoms with Gasteiger partial charge in [0, 0.05) is 36.6 Å². The van der Waals surface area contributed by atoms with E-state index in [1.54, 1.807) is 30.0 Å². The molecule has 38 heavy (non-hydrogen) atoms. The van der Waals surface area contributed by atoms with Crippen LogP contribution in [-0.4, -0.2) is 32.6 Å². The van der Waals surface area contributed by atoms with Crippen molar-refractivity contribution >= 4 is 35.0 Å². The smallest absolute Gasteiger partial charge is 0.338 e. The average Bonchev–Trinajstić information content (AvgIpc) is 3.54. The minimum atomic E-state index is -0.356. The summed E-state index contributed by atoms with van der Waals surface area (Å²) in [6.07, 6.45) is 3.66. The van der Waals surface area contributed by atoms with Crippen molar-refractivity contribution in [3.8, 4) is 11.3 Å². The molecule has 0 fully saturated rings. The molecule has 190 valence electrons. The molecule has 0 N–H and O–H groups in total. The molecule has 0 saturated heterocycles. The van der Waals surface area contributed by atoms with Crippen LogP contribution in [0.5, 0.6) is 0 Å². The Hall–Kier alpha value is -4.84. The lowest BCUT2D eigenvalue weighted by Crippen LogP contribution is -2.25. The number of rotatable bonds is 7. The first-order valence-corrected chi connectivity index (χ1v) is 12.4. The van der Waals surface area contributed by atoms with Crippen LogP contribution in [0.15, 0.2) is 107 Å². The molecule has 6 nitrogen and oxygen atoms in total. The molecule has 0 unspecified atom stereocenters. The number of hydrogen-bond donors (Lipinski definition) is 0. The van der Waals surface area contributed by atoms with Crippen LogP contribution in [0.4, 0.5) is 11.4 Å². The summed E-state index contributed by atoms with van der Waals surface area (Å²) in [5.74, 6) is 0.719. The van der Waals surface area contributed by atoms with Gasteiger partial charge in [-0.15, -0.1) is 0 Å². The van der Waals surface area contributed by atoms with Gasteiger partial charge in [-0.2, -0.15) is 0 Å². The summed E-state index contributed by atoms with van der Waals surface area (Å²) < 4.78 is 11.1. The Morgan fingerprint density at radius 2 is 1.61 bits per heavy atom. The van der Waals surface area contributed by atoms with Crippen LogP contribution in [0.25, 0.3) is 23.1 Å². The van der Waals surface area contributed by atoms with Gasteiger partial charge >= 0.3 is 5.97 Å². The quantitative estimate of drug-likeness (QED) is 0.208. The maximum Gasteiger partial charge on any atom is 0.338 e. The Labute approximate surface area is 222 Å². The summed E-state index contributed by atoms with van der Waals surface area (Å²) in [5.41, 5.74) is 5.44. The molecule has 0 atom stereocenters. The summed E-state index contributed by atoms with van der Waals surface area (Å²) in [6, 6.07) is 28.5. The molecular formula is C32H28N2O4. The Morgan fingerprint density at radius 1 is 0.895 bits per heavy atom. The predicted molar refractivity (Wildman–Crippen MR) is 151 cm³/mol. The number of anilines is 2. The van der Waals surface area contributed by atoms with Crippen molar-refractivity contribution in [1.82, 2.24) is 0 Å². The fourth-order valence-corrected chi connectivity index (χ4v) is 4.32. The third-order valence-electron chi connectivity index (χ3n) is 6.28. The van der Waals surface area contributed by atoms with Gasteiger partial charge in [0.2, 0.25) is 0 Å². The van der Waals surface area contributed by atoms with Gasteiger partial charge in [0.1, 0.15) is 11.5 Å². The maximum atomic E-state index is 13.7. The summed E-state index contributed by atoms with van der Waals surface area (Å²) >= 11 is 0. The molecule has 1 aliphatic rings. The highest BCUT2D eigenvalue weighted by Gasteiger charge is 2.30. The van der Waals surface area contributed by atoms with E-state index in [1.807, 2.05) is 104 Å². The number of nitrogens with zero attached hydrogens (tertiary/aromatic N) is 2. The third kappa shape index (κ3) is 5.02. The lowest BCUT2D eigenvalue weighted by molar-refractivity contribution is -0.113. The van der Waals surface area contributed by atoms with E-state index in [-0.39, 0.29) is 11.9 Å². The fraction of sp³-hybridized carbons (Fsp3) is 0.125. The SMILES string of the molecule is CCOC(=O)c1ccc(-c2ccc(/C=C3/C=C(c4ccccc4)N(c4ccc(N(C)C)cc4)C3=O)o2)cc1. The van der Waals surface area contributed by atoms with E-state index in [4.69, 9.17) is 9.15 Å².